The van der Waals surface area contributed by atoms with Crippen LogP contribution in [0.1, 0.15) is 28.8 Å². The maximum Gasteiger partial charge on any atom is 0.363 e. The van der Waals surface area contributed by atoms with E-state index in [4.69, 9.17) is 4.74 Å². The molecule has 0 radical (unpaired) electrons. The molecule has 1 aromatic carbocycles. The van der Waals surface area contributed by atoms with Crippen LogP contribution in [0.3, 0.4) is 0 Å². The first-order valence-corrected chi connectivity index (χ1v) is 8.59. The third-order valence-electron chi connectivity index (χ3n) is 4.80. The summed E-state index contributed by atoms with van der Waals surface area (Å²) >= 11 is 0. The highest BCUT2D eigenvalue weighted by Crippen LogP contribution is 2.26. The van der Waals surface area contributed by atoms with E-state index in [1.54, 1.807) is 24.4 Å². The lowest BCUT2D eigenvalue weighted by molar-refractivity contribution is -0.389. The Labute approximate surface area is 151 Å². The van der Waals surface area contributed by atoms with Crippen LogP contribution in [0.15, 0.2) is 42.6 Å². The molecule has 0 atom stereocenters. The summed E-state index contributed by atoms with van der Waals surface area (Å²) in [4.78, 5) is 27.8. The van der Waals surface area contributed by atoms with Crippen molar-refractivity contribution >= 4 is 17.5 Å². The summed E-state index contributed by atoms with van der Waals surface area (Å²) in [6, 6.07) is 10.8. The molecule has 26 heavy (non-hydrogen) atoms. The molecule has 0 bridgehead atoms. The first-order chi connectivity index (χ1) is 12.6. The number of methoxy groups -OCH3 is 1. The molecule has 0 unspecified atom stereocenters. The molecule has 1 fully saturated rings. The summed E-state index contributed by atoms with van der Waals surface area (Å²) < 4.78 is 4.71. The van der Waals surface area contributed by atoms with Crippen LogP contribution in [0.25, 0.3) is 0 Å². The molecule has 2 aromatic rings. The molecule has 0 N–H and O–H groups in total. The maximum absolute atomic E-state index is 11.5. The number of anilines is 1. The number of carbonyl (C=O) groups excluding carboxylic acids is 1. The zero-order valence-electron chi connectivity index (χ0n) is 14.6. The summed E-state index contributed by atoms with van der Waals surface area (Å²) in [5, 5.41) is 10.7. The van der Waals surface area contributed by atoms with Crippen molar-refractivity contribution in [2.24, 2.45) is 5.92 Å². The Balaban J connectivity index is 1.53. The van der Waals surface area contributed by atoms with E-state index in [0.29, 0.717) is 11.5 Å². The lowest BCUT2D eigenvalue weighted by Crippen LogP contribution is -2.34. The van der Waals surface area contributed by atoms with E-state index >= 15 is 0 Å². The SMILES string of the molecule is COC(=O)c1ccc(CC2CCN(c3ccc([N+](=O)[O-])nc3)CC2)cc1. The number of esters is 1. The molecular weight excluding hydrogens is 334 g/mol. The van der Waals surface area contributed by atoms with E-state index < -0.39 is 4.92 Å². The topological polar surface area (TPSA) is 85.6 Å². The molecule has 0 saturated carbocycles. The van der Waals surface area contributed by atoms with Crippen molar-refractivity contribution in [3.8, 4) is 0 Å². The van der Waals surface area contributed by atoms with E-state index in [9.17, 15) is 14.9 Å². The molecule has 0 amide bonds. The Bertz CT molecular complexity index is 766. The predicted octanol–water partition coefficient (Wildman–Crippen LogP) is 3.24. The molecule has 1 aromatic heterocycles. The highest BCUT2D eigenvalue weighted by atomic mass is 16.6. The van der Waals surface area contributed by atoms with Crippen LogP contribution in [-0.2, 0) is 11.2 Å². The van der Waals surface area contributed by atoms with Gasteiger partial charge in [-0.05, 0) is 58.9 Å². The van der Waals surface area contributed by atoms with E-state index in [-0.39, 0.29) is 11.8 Å². The van der Waals surface area contributed by atoms with Crippen LogP contribution < -0.4 is 4.90 Å². The fraction of sp³-hybridized carbons (Fsp3) is 0.368. The number of hydrogen-bond donors (Lipinski definition) is 0. The van der Waals surface area contributed by atoms with Crippen LogP contribution in [0, 0.1) is 16.0 Å². The molecule has 3 rings (SSSR count). The summed E-state index contributed by atoms with van der Waals surface area (Å²) in [5.74, 6) is 0.141. The summed E-state index contributed by atoms with van der Waals surface area (Å²) in [5.41, 5.74) is 2.71. The Kier molecular flexibility index (Phi) is 5.46. The number of pyridine rings is 1. The highest BCUT2D eigenvalue weighted by Gasteiger charge is 2.21. The van der Waals surface area contributed by atoms with Crippen molar-refractivity contribution < 1.29 is 14.5 Å². The van der Waals surface area contributed by atoms with Gasteiger partial charge in [-0.3, -0.25) is 0 Å². The number of piperidine rings is 1. The average Bonchev–Trinajstić information content (AvgIpc) is 2.68. The minimum Gasteiger partial charge on any atom is -0.465 e. The van der Waals surface area contributed by atoms with Gasteiger partial charge in [0.15, 0.2) is 6.20 Å². The summed E-state index contributed by atoms with van der Waals surface area (Å²) in [6.45, 7) is 1.81. The monoisotopic (exact) mass is 355 g/mol. The van der Waals surface area contributed by atoms with Crippen LogP contribution in [-0.4, -0.2) is 36.1 Å². The lowest BCUT2D eigenvalue weighted by atomic mass is 9.90. The minimum atomic E-state index is -0.485. The number of benzene rings is 1. The smallest absolute Gasteiger partial charge is 0.363 e. The van der Waals surface area contributed by atoms with Crippen LogP contribution >= 0.6 is 0 Å². The minimum absolute atomic E-state index is 0.126. The summed E-state index contributed by atoms with van der Waals surface area (Å²) in [6.07, 6.45) is 4.66. The predicted molar refractivity (Wildman–Crippen MR) is 97.3 cm³/mol. The van der Waals surface area contributed by atoms with Gasteiger partial charge in [-0.1, -0.05) is 12.1 Å². The fourth-order valence-electron chi connectivity index (χ4n) is 3.30. The molecule has 0 spiro atoms. The number of nitro groups is 1. The van der Waals surface area contributed by atoms with E-state index in [0.717, 1.165) is 38.0 Å². The Morgan fingerprint density at radius 1 is 1.23 bits per heavy atom. The van der Waals surface area contributed by atoms with Gasteiger partial charge >= 0.3 is 11.8 Å². The standard InChI is InChI=1S/C19H21N3O4/c1-26-19(23)16-4-2-14(3-5-16)12-15-8-10-21(11-9-15)17-6-7-18(20-13-17)22(24)25/h2-7,13,15H,8-12H2,1H3. The van der Waals surface area contributed by atoms with Gasteiger partial charge < -0.3 is 19.8 Å². The van der Waals surface area contributed by atoms with E-state index in [1.807, 2.05) is 12.1 Å². The molecule has 7 heteroatoms. The third-order valence-corrected chi connectivity index (χ3v) is 4.80. The van der Waals surface area contributed by atoms with Gasteiger partial charge in [0.25, 0.3) is 0 Å². The first kappa shape index (κ1) is 17.8. The zero-order valence-corrected chi connectivity index (χ0v) is 14.6. The number of ether oxygens (including phenoxy) is 1. The maximum atomic E-state index is 11.5. The second-order valence-electron chi connectivity index (χ2n) is 6.45. The van der Waals surface area contributed by atoms with Crippen molar-refractivity contribution in [2.45, 2.75) is 19.3 Å². The number of rotatable bonds is 5. The summed E-state index contributed by atoms with van der Waals surface area (Å²) in [7, 11) is 1.38. The average molecular weight is 355 g/mol. The first-order valence-electron chi connectivity index (χ1n) is 8.59. The lowest BCUT2D eigenvalue weighted by Gasteiger charge is -2.33. The molecular formula is C19H21N3O4. The van der Waals surface area contributed by atoms with Gasteiger partial charge in [0, 0.05) is 19.2 Å². The van der Waals surface area contributed by atoms with Crippen molar-refractivity contribution in [3.05, 3.63) is 63.8 Å². The second-order valence-corrected chi connectivity index (χ2v) is 6.45. The molecule has 1 saturated heterocycles. The van der Waals surface area contributed by atoms with Gasteiger partial charge in [0.2, 0.25) is 0 Å². The van der Waals surface area contributed by atoms with Gasteiger partial charge in [0.1, 0.15) is 0 Å². The quantitative estimate of drug-likeness (QED) is 0.465. The highest BCUT2D eigenvalue weighted by molar-refractivity contribution is 5.89. The Hall–Kier alpha value is -2.96. The van der Waals surface area contributed by atoms with Gasteiger partial charge in [-0.2, -0.15) is 0 Å². The van der Waals surface area contributed by atoms with Gasteiger partial charge in [0.05, 0.1) is 18.4 Å². The van der Waals surface area contributed by atoms with Gasteiger partial charge in [-0.15, -0.1) is 0 Å². The molecule has 0 aliphatic carbocycles. The molecule has 2 heterocycles. The van der Waals surface area contributed by atoms with Crippen LogP contribution in [0.4, 0.5) is 11.5 Å². The Morgan fingerprint density at radius 3 is 2.46 bits per heavy atom. The van der Waals surface area contributed by atoms with Crippen molar-refractivity contribution in [2.75, 3.05) is 25.1 Å². The molecule has 1 aliphatic heterocycles. The number of carbonyl (C=O) groups is 1. The van der Waals surface area contributed by atoms with E-state index in [2.05, 4.69) is 9.88 Å². The number of aromatic nitrogens is 1. The fourth-order valence-corrected chi connectivity index (χ4v) is 3.30. The van der Waals surface area contributed by atoms with Crippen LogP contribution in [0.2, 0.25) is 0 Å². The normalized spacial score (nSPS) is 14.9. The van der Waals surface area contributed by atoms with E-state index in [1.165, 1.54) is 18.7 Å². The molecule has 7 nitrogen and oxygen atoms in total. The molecule has 136 valence electrons. The second kappa shape index (κ2) is 7.95. The van der Waals surface area contributed by atoms with Gasteiger partial charge in [-0.25, -0.2) is 4.79 Å². The van der Waals surface area contributed by atoms with Crippen molar-refractivity contribution in [3.63, 3.8) is 0 Å². The van der Waals surface area contributed by atoms with Crippen LogP contribution in [0.5, 0.6) is 0 Å². The third kappa shape index (κ3) is 4.17. The largest absolute Gasteiger partial charge is 0.465 e. The number of nitrogens with zero attached hydrogens (tertiary/aromatic N) is 3. The zero-order chi connectivity index (χ0) is 18.5. The van der Waals surface area contributed by atoms with Crippen molar-refractivity contribution in [1.82, 2.24) is 4.98 Å². The Morgan fingerprint density at radius 2 is 1.92 bits per heavy atom. The number of hydrogen-bond acceptors (Lipinski definition) is 6. The van der Waals surface area contributed by atoms with Crippen molar-refractivity contribution in [1.29, 1.82) is 0 Å². The molecule has 1 aliphatic rings.